The van der Waals surface area contributed by atoms with Crippen molar-refractivity contribution in [2.75, 3.05) is 24.5 Å². The van der Waals surface area contributed by atoms with Crippen molar-refractivity contribution in [1.29, 1.82) is 0 Å². The number of amides is 1. The number of fused-ring (bicyclic) bond motifs is 1. The second kappa shape index (κ2) is 6.68. The highest BCUT2D eigenvalue weighted by atomic mass is 32.1. The minimum absolute atomic E-state index is 0.0285. The van der Waals surface area contributed by atoms with Gasteiger partial charge in [0.2, 0.25) is 5.91 Å². The molecular formula is C18H20FN5OS. The summed E-state index contributed by atoms with van der Waals surface area (Å²) >= 11 is 1.46. The minimum atomic E-state index is -0.254. The van der Waals surface area contributed by atoms with Crippen LogP contribution in [0.3, 0.4) is 0 Å². The van der Waals surface area contributed by atoms with Gasteiger partial charge < -0.3 is 10.2 Å². The Labute approximate surface area is 154 Å². The zero-order chi connectivity index (χ0) is 18.3. The molecule has 0 unspecified atom stereocenters. The van der Waals surface area contributed by atoms with Crippen molar-refractivity contribution in [3.05, 3.63) is 41.5 Å². The lowest BCUT2D eigenvalue weighted by Gasteiger charge is -2.37. The number of halogens is 1. The summed E-state index contributed by atoms with van der Waals surface area (Å²) in [4.78, 5) is 18.8. The van der Waals surface area contributed by atoms with Crippen LogP contribution in [0.15, 0.2) is 24.3 Å². The molecule has 0 aliphatic carbocycles. The molecule has 1 fully saturated rings. The number of nitrogens with zero attached hydrogens (tertiary/aromatic N) is 4. The fourth-order valence-corrected chi connectivity index (χ4v) is 4.16. The van der Waals surface area contributed by atoms with E-state index in [1.54, 1.807) is 6.07 Å². The average molecular weight is 373 g/mol. The second-order valence-electron chi connectivity index (χ2n) is 6.65. The van der Waals surface area contributed by atoms with Crippen LogP contribution < -0.4 is 10.2 Å². The Morgan fingerprint density at radius 3 is 2.88 bits per heavy atom. The molecule has 1 aliphatic heterocycles. The quantitative estimate of drug-likeness (QED) is 0.746. The molecule has 3 aromatic rings. The molecule has 3 heterocycles. The monoisotopic (exact) mass is 373 g/mol. The Kier molecular flexibility index (Phi) is 4.36. The number of thiazole rings is 1. The molecule has 6 nitrogen and oxygen atoms in total. The molecule has 0 saturated carbocycles. The van der Waals surface area contributed by atoms with Crippen LogP contribution in [0.5, 0.6) is 0 Å². The molecule has 8 heteroatoms. The smallest absolute Gasteiger partial charge is 0.226 e. The van der Waals surface area contributed by atoms with Crippen molar-refractivity contribution in [3.63, 3.8) is 0 Å². The second-order valence-corrected chi connectivity index (χ2v) is 7.66. The van der Waals surface area contributed by atoms with E-state index < -0.39 is 0 Å². The number of hydrogen-bond donors (Lipinski definition) is 1. The van der Waals surface area contributed by atoms with Crippen LogP contribution in [0.4, 0.5) is 9.52 Å². The van der Waals surface area contributed by atoms with Crippen molar-refractivity contribution in [2.45, 2.75) is 20.4 Å². The number of hydrogen-bond acceptors (Lipinski definition) is 5. The van der Waals surface area contributed by atoms with E-state index in [0.29, 0.717) is 26.2 Å². The molecule has 0 spiro atoms. The van der Waals surface area contributed by atoms with Crippen LogP contribution in [-0.4, -0.2) is 40.3 Å². The van der Waals surface area contributed by atoms with Crippen molar-refractivity contribution in [1.82, 2.24) is 20.1 Å². The summed E-state index contributed by atoms with van der Waals surface area (Å²) in [6.45, 7) is 6.50. The summed E-state index contributed by atoms with van der Waals surface area (Å²) in [6.07, 6.45) is 0. The van der Waals surface area contributed by atoms with Crippen molar-refractivity contribution in [3.8, 4) is 0 Å². The molecule has 1 N–H and O–H groups in total. The normalized spacial score (nSPS) is 14.7. The fourth-order valence-electron chi connectivity index (χ4n) is 3.15. The minimum Gasteiger partial charge on any atom is -0.354 e. The van der Waals surface area contributed by atoms with E-state index in [4.69, 9.17) is 0 Å². The number of aromatic nitrogens is 3. The first-order chi connectivity index (χ1) is 12.5. The number of carbonyl (C=O) groups is 1. The number of nitrogens with one attached hydrogen (secondary N) is 1. The van der Waals surface area contributed by atoms with Crippen LogP contribution in [0, 0.1) is 25.6 Å². The predicted molar refractivity (Wildman–Crippen MR) is 100.0 cm³/mol. The van der Waals surface area contributed by atoms with Gasteiger partial charge in [-0.05, 0) is 38.1 Å². The lowest BCUT2D eigenvalue weighted by atomic mass is 10.0. The molecule has 136 valence electrons. The third-order valence-corrected chi connectivity index (χ3v) is 5.67. The van der Waals surface area contributed by atoms with E-state index >= 15 is 0 Å². The van der Waals surface area contributed by atoms with Gasteiger partial charge in [-0.25, -0.2) is 9.37 Å². The summed E-state index contributed by atoms with van der Waals surface area (Å²) in [5.41, 5.74) is 2.88. The topological polar surface area (TPSA) is 63.1 Å². The maximum atomic E-state index is 13.3. The van der Waals surface area contributed by atoms with Crippen molar-refractivity contribution in [2.24, 2.45) is 5.92 Å². The summed E-state index contributed by atoms with van der Waals surface area (Å²) in [5.74, 6) is -0.217. The predicted octanol–water partition coefficient (Wildman–Crippen LogP) is 2.50. The average Bonchev–Trinajstić information content (AvgIpc) is 3.08. The summed E-state index contributed by atoms with van der Waals surface area (Å²) in [6, 6.07) is 6.63. The first-order valence-corrected chi connectivity index (χ1v) is 9.41. The Morgan fingerprint density at radius 1 is 1.35 bits per heavy atom. The van der Waals surface area contributed by atoms with Crippen molar-refractivity contribution >= 4 is 32.6 Å². The zero-order valence-corrected chi connectivity index (χ0v) is 15.5. The molecule has 2 aromatic heterocycles. The molecule has 1 amide bonds. The highest BCUT2D eigenvalue weighted by Gasteiger charge is 2.34. The molecule has 1 saturated heterocycles. The third-order valence-electron chi connectivity index (χ3n) is 4.59. The van der Waals surface area contributed by atoms with E-state index in [1.807, 2.05) is 24.6 Å². The van der Waals surface area contributed by atoms with Crippen LogP contribution in [0.2, 0.25) is 0 Å². The molecule has 26 heavy (non-hydrogen) atoms. The number of carbonyl (C=O) groups excluding carboxylic acids is 1. The van der Waals surface area contributed by atoms with Gasteiger partial charge >= 0.3 is 0 Å². The van der Waals surface area contributed by atoms with Gasteiger partial charge in [-0.1, -0.05) is 11.3 Å². The Hall–Kier alpha value is -2.48. The van der Waals surface area contributed by atoms with Gasteiger partial charge in [0, 0.05) is 25.3 Å². The number of aryl methyl sites for hydroxylation is 2. The van der Waals surface area contributed by atoms with E-state index in [0.717, 1.165) is 26.7 Å². The molecule has 1 aromatic carbocycles. The third kappa shape index (κ3) is 3.29. The largest absolute Gasteiger partial charge is 0.354 e. The number of benzene rings is 1. The zero-order valence-electron chi connectivity index (χ0n) is 14.7. The molecule has 0 bridgehead atoms. The summed E-state index contributed by atoms with van der Waals surface area (Å²) in [5, 5.41) is 8.22. The summed E-state index contributed by atoms with van der Waals surface area (Å²) in [7, 11) is 0. The maximum absolute atomic E-state index is 13.3. The van der Waals surface area contributed by atoms with Gasteiger partial charge in [-0.2, -0.15) is 5.10 Å². The van der Waals surface area contributed by atoms with E-state index in [9.17, 15) is 9.18 Å². The van der Waals surface area contributed by atoms with E-state index in [2.05, 4.69) is 20.3 Å². The van der Waals surface area contributed by atoms with E-state index in [-0.39, 0.29) is 17.6 Å². The fraction of sp³-hybridized carbons (Fsp3) is 0.389. The van der Waals surface area contributed by atoms with Crippen molar-refractivity contribution < 1.29 is 9.18 Å². The van der Waals surface area contributed by atoms with Gasteiger partial charge in [-0.15, -0.1) is 0 Å². The van der Waals surface area contributed by atoms with E-state index in [1.165, 1.54) is 23.5 Å². The SMILES string of the molecule is Cc1cc(C)n(CCNC(=O)C2CN(c3nc4ccc(F)cc4s3)C2)n1. The first kappa shape index (κ1) is 17.0. The van der Waals surface area contributed by atoms with Crippen LogP contribution >= 0.6 is 11.3 Å². The lowest BCUT2D eigenvalue weighted by molar-refractivity contribution is -0.125. The highest BCUT2D eigenvalue weighted by Crippen LogP contribution is 2.33. The van der Waals surface area contributed by atoms with Gasteiger partial charge in [0.1, 0.15) is 5.82 Å². The lowest BCUT2D eigenvalue weighted by Crippen LogP contribution is -2.54. The molecular weight excluding hydrogens is 353 g/mol. The van der Waals surface area contributed by atoms with Gasteiger partial charge in [0.25, 0.3) is 0 Å². The Bertz CT molecular complexity index is 960. The molecule has 1 aliphatic rings. The standard InChI is InChI=1S/C18H20FN5OS/c1-11-7-12(2)24(22-11)6-5-20-17(25)13-9-23(10-13)18-21-15-4-3-14(19)8-16(15)26-18/h3-4,7-8,13H,5-6,9-10H2,1-2H3,(H,20,25). The maximum Gasteiger partial charge on any atom is 0.226 e. The van der Waals surface area contributed by atoms with Crippen LogP contribution in [0.25, 0.3) is 10.2 Å². The summed E-state index contributed by atoms with van der Waals surface area (Å²) < 4.78 is 16.0. The molecule has 0 atom stereocenters. The van der Waals surface area contributed by atoms with Gasteiger partial charge in [0.15, 0.2) is 5.13 Å². The first-order valence-electron chi connectivity index (χ1n) is 8.59. The Morgan fingerprint density at radius 2 is 2.15 bits per heavy atom. The van der Waals surface area contributed by atoms with Crippen LogP contribution in [-0.2, 0) is 11.3 Å². The molecule has 4 rings (SSSR count). The van der Waals surface area contributed by atoms with Gasteiger partial charge in [-0.3, -0.25) is 9.48 Å². The van der Waals surface area contributed by atoms with Gasteiger partial charge in [0.05, 0.1) is 28.4 Å². The van der Waals surface area contributed by atoms with Crippen LogP contribution in [0.1, 0.15) is 11.4 Å². The Balaban J connectivity index is 1.28. The number of rotatable bonds is 5. The molecule has 0 radical (unpaired) electrons. The number of anilines is 1. The highest BCUT2D eigenvalue weighted by molar-refractivity contribution is 7.22.